The minimum absolute atomic E-state index is 0.191. The van der Waals surface area contributed by atoms with Crippen molar-refractivity contribution in [1.82, 2.24) is 5.32 Å². The molecular weight excluding hydrogens is 364 g/mol. The van der Waals surface area contributed by atoms with Gasteiger partial charge in [-0.05, 0) is 41.8 Å². The minimum Gasteiger partial charge on any atom is -0.449 e. The highest BCUT2D eigenvalue weighted by molar-refractivity contribution is 6.09. The van der Waals surface area contributed by atoms with Crippen molar-refractivity contribution in [2.75, 3.05) is 11.9 Å². The number of carbonyl (C=O) groups excluding carboxylic acids is 2. The lowest BCUT2D eigenvalue weighted by Crippen LogP contribution is -2.27. The molecule has 0 unspecified atom stereocenters. The smallest absolute Gasteiger partial charge is 0.291 e. The summed E-state index contributed by atoms with van der Waals surface area (Å²) in [5.41, 5.74) is 2.99. The van der Waals surface area contributed by atoms with E-state index in [1.807, 2.05) is 60.7 Å². The molecule has 3 aromatic rings. The molecule has 0 spiro atoms. The molecule has 5 heteroatoms. The van der Waals surface area contributed by atoms with E-state index in [1.165, 1.54) is 0 Å². The van der Waals surface area contributed by atoms with Gasteiger partial charge >= 0.3 is 0 Å². The third-order valence-corrected chi connectivity index (χ3v) is 4.57. The summed E-state index contributed by atoms with van der Waals surface area (Å²) in [6, 6.07) is 24.5. The van der Waals surface area contributed by atoms with Gasteiger partial charge in [0.15, 0.2) is 11.5 Å². The van der Waals surface area contributed by atoms with Crippen molar-refractivity contribution in [3.63, 3.8) is 0 Å². The predicted octanol–water partition coefficient (Wildman–Crippen LogP) is 4.03. The predicted molar refractivity (Wildman–Crippen MR) is 113 cm³/mol. The van der Waals surface area contributed by atoms with E-state index in [-0.39, 0.29) is 17.6 Å². The van der Waals surface area contributed by atoms with Crippen LogP contribution in [-0.2, 0) is 11.2 Å². The lowest BCUT2D eigenvalue weighted by atomic mass is 10.1. The Bertz CT molecular complexity index is 1060. The van der Waals surface area contributed by atoms with Gasteiger partial charge in [0.2, 0.25) is 0 Å². The Hall–Kier alpha value is -3.86. The van der Waals surface area contributed by atoms with E-state index < -0.39 is 0 Å². The Morgan fingerprint density at radius 2 is 1.69 bits per heavy atom. The zero-order valence-electron chi connectivity index (χ0n) is 15.7. The second kappa shape index (κ2) is 8.44. The number of rotatable bonds is 5. The van der Waals surface area contributed by atoms with Gasteiger partial charge in [0.1, 0.15) is 0 Å². The van der Waals surface area contributed by atoms with Gasteiger partial charge in [0.05, 0.1) is 5.69 Å². The summed E-state index contributed by atoms with van der Waals surface area (Å²) in [5.74, 6) is 0.183. The molecule has 0 aromatic heterocycles. The van der Waals surface area contributed by atoms with E-state index in [0.717, 1.165) is 17.5 Å². The Labute approximate surface area is 169 Å². The van der Waals surface area contributed by atoms with Gasteiger partial charge in [-0.3, -0.25) is 9.59 Å². The number of nitrogens with one attached hydrogen (secondary N) is 2. The number of amides is 2. The van der Waals surface area contributed by atoms with Crippen LogP contribution < -0.4 is 15.4 Å². The molecule has 0 fully saturated rings. The van der Waals surface area contributed by atoms with Crippen LogP contribution in [0.5, 0.6) is 5.75 Å². The van der Waals surface area contributed by atoms with Crippen LogP contribution in [0.4, 0.5) is 5.69 Å². The second-order valence-electron chi connectivity index (χ2n) is 6.68. The molecule has 0 saturated heterocycles. The molecule has 4 rings (SSSR count). The van der Waals surface area contributed by atoms with Gasteiger partial charge in [-0.15, -0.1) is 0 Å². The summed E-state index contributed by atoms with van der Waals surface area (Å²) in [6.07, 6.45) is 2.44. The molecule has 29 heavy (non-hydrogen) atoms. The number of carbonyl (C=O) groups is 2. The van der Waals surface area contributed by atoms with E-state index in [0.29, 0.717) is 23.5 Å². The Morgan fingerprint density at radius 1 is 0.966 bits per heavy atom. The first-order chi connectivity index (χ1) is 14.2. The van der Waals surface area contributed by atoms with Crippen molar-refractivity contribution in [2.24, 2.45) is 0 Å². The molecule has 0 saturated carbocycles. The van der Waals surface area contributed by atoms with Crippen LogP contribution >= 0.6 is 0 Å². The highest BCUT2D eigenvalue weighted by Gasteiger charge is 2.23. The van der Waals surface area contributed by atoms with Crippen molar-refractivity contribution in [1.29, 1.82) is 0 Å². The Kier molecular flexibility index (Phi) is 5.38. The highest BCUT2D eigenvalue weighted by atomic mass is 16.5. The summed E-state index contributed by atoms with van der Waals surface area (Å²) in [4.78, 5) is 24.8. The van der Waals surface area contributed by atoms with Crippen LogP contribution in [0.25, 0.3) is 6.08 Å². The summed E-state index contributed by atoms with van der Waals surface area (Å²) in [5, 5.41) is 5.70. The normalized spacial score (nSPS) is 13.9. The molecule has 0 atom stereocenters. The summed E-state index contributed by atoms with van der Waals surface area (Å²) < 4.78 is 5.74. The molecule has 0 radical (unpaired) electrons. The zero-order chi connectivity index (χ0) is 20.1. The average Bonchev–Trinajstić information content (AvgIpc) is 2.75. The molecule has 1 aliphatic rings. The third-order valence-electron chi connectivity index (χ3n) is 4.57. The first kappa shape index (κ1) is 18.5. The standard InChI is InChI=1S/C24H20N2O3/c27-23(25-14-13-17-7-3-1-4-8-17)19-11-12-21-20(16-19)26-24(28)22(29-21)15-18-9-5-2-6-10-18/h1-12,15-16H,13-14H2,(H,25,27)(H,26,28). The van der Waals surface area contributed by atoms with Crippen LogP contribution in [0.2, 0.25) is 0 Å². The molecule has 3 aromatic carbocycles. The monoisotopic (exact) mass is 384 g/mol. The van der Waals surface area contributed by atoms with Gasteiger partial charge in [0.25, 0.3) is 11.8 Å². The maximum atomic E-state index is 12.4. The maximum Gasteiger partial charge on any atom is 0.291 e. The van der Waals surface area contributed by atoms with Crippen LogP contribution in [0, 0.1) is 0 Å². The lowest BCUT2D eigenvalue weighted by molar-refractivity contribution is -0.115. The Morgan fingerprint density at radius 3 is 2.45 bits per heavy atom. The summed E-state index contributed by atoms with van der Waals surface area (Å²) in [7, 11) is 0. The molecule has 1 heterocycles. The molecular formula is C24H20N2O3. The van der Waals surface area contributed by atoms with Crippen LogP contribution in [0.15, 0.2) is 84.6 Å². The Balaban J connectivity index is 1.43. The SMILES string of the molecule is O=C1Nc2cc(C(=O)NCCc3ccccc3)ccc2OC1=Cc1ccccc1. The minimum atomic E-state index is -0.344. The van der Waals surface area contributed by atoms with Gasteiger partial charge < -0.3 is 15.4 Å². The molecule has 144 valence electrons. The van der Waals surface area contributed by atoms with Gasteiger partial charge in [-0.2, -0.15) is 0 Å². The van der Waals surface area contributed by atoms with Crippen molar-refractivity contribution in [2.45, 2.75) is 6.42 Å². The highest BCUT2D eigenvalue weighted by Crippen LogP contribution is 2.32. The fourth-order valence-electron chi connectivity index (χ4n) is 3.07. The maximum absolute atomic E-state index is 12.4. The topological polar surface area (TPSA) is 67.4 Å². The quantitative estimate of drug-likeness (QED) is 0.653. The number of hydrogen-bond acceptors (Lipinski definition) is 3. The zero-order valence-corrected chi connectivity index (χ0v) is 15.7. The number of ether oxygens (including phenoxy) is 1. The van der Waals surface area contributed by atoms with Crippen molar-refractivity contribution < 1.29 is 14.3 Å². The van der Waals surface area contributed by atoms with Crippen LogP contribution in [0.3, 0.4) is 0 Å². The molecule has 5 nitrogen and oxygen atoms in total. The number of anilines is 1. The summed E-state index contributed by atoms with van der Waals surface area (Å²) >= 11 is 0. The van der Waals surface area contributed by atoms with Crippen LogP contribution in [-0.4, -0.2) is 18.4 Å². The van der Waals surface area contributed by atoms with Gasteiger partial charge in [-0.1, -0.05) is 60.7 Å². The van der Waals surface area contributed by atoms with E-state index in [2.05, 4.69) is 10.6 Å². The largest absolute Gasteiger partial charge is 0.449 e. The summed E-state index contributed by atoms with van der Waals surface area (Å²) in [6.45, 7) is 0.534. The molecule has 2 N–H and O–H groups in total. The second-order valence-corrected chi connectivity index (χ2v) is 6.68. The van der Waals surface area contributed by atoms with Crippen molar-refractivity contribution >= 4 is 23.6 Å². The van der Waals surface area contributed by atoms with Crippen LogP contribution in [0.1, 0.15) is 21.5 Å². The van der Waals surface area contributed by atoms with E-state index in [9.17, 15) is 9.59 Å². The number of fused-ring (bicyclic) bond motifs is 1. The average molecular weight is 384 g/mol. The lowest BCUT2D eigenvalue weighted by Gasteiger charge is -2.20. The van der Waals surface area contributed by atoms with E-state index in [1.54, 1.807) is 24.3 Å². The molecule has 0 aliphatic carbocycles. The number of hydrogen-bond donors (Lipinski definition) is 2. The first-order valence-corrected chi connectivity index (χ1v) is 9.41. The van der Waals surface area contributed by atoms with Crippen molar-refractivity contribution in [3.05, 3.63) is 101 Å². The van der Waals surface area contributed by atoms with Gasteiger partial charge in [0, 0.05) is 12.1 Å². The third kappa shape index (κ3) is 4.52. The molecule has 0 bridgehead atoms. The number of benzene rings is 3. The first-order valence-electron chi connectivity index (χ1n) is 9.41. The molecule has 1 aliphatic heterocycles. The van der Waals surface area contributed by atoms with Gasteiger partial charge in [-0.25, -0.2) is 0 Å². The fourth-order valence-corrected chi connectivity index (χ4v) is 3.07. The molecule has 2 amide bonds. The van der Waals surface area contributed by atoms with E-state index in [4.69, 9.17) is 4.74 Å². The van der Waals surface area contributed by atoms with Crippen molar-refractivity contribution in [3.8, 4) is 5.75 Å². The van der Waals surface area contributed by atoms with E-state index >= 15 is 0 Å². The fraction of sp³-hybridized carbons (Fsp3) is 0.0833.